The third kappa shape index (κ3) is 3.80. The molecule has 2 aromatic carbocycles. The molecule has 0 N–H and O–H groups in total. The molecule has 3 amide bonds. The van der Waals surface area contributed by atoms with E-state index in [9.17, 15) is 14.4 Å². The van der Waals surface area contributed by atoms with Crippen molar-refractivity contribution in [2.45, 2.75) is 19.3 Å². The largest absolute Gasteiger partial charge is 0.342 e. The molecule has 0 aromatic heterocycles. The van der Waals surface area contributed by atoms with Gasteiger partial charge in [-0.3, -0.25) is 19.3 Å². The van der Waals surface area contributed by atoms with Gasteiger partial charge < -0.3 is 4.90 Å². The van der Waals surface area contributed by atoms with E-state index in [1.165, 1.54) is 10.5 Å². The van der Waals surface area contributed by atoms with E-state index < -0.39 is 0 Å². The van der Waals surface area contributed by atoms with Crippen LogP contribution in [0.4, 0.5) is 0 Å². The van der Waals surface area contributed by atoms with Gasteiger partial charge in [-0.25, -0.2) is 0 Å². The van der Waals surface area contributed by atoms with Crippen molar-refractivity contribution in [3.05, 3.63) is 83.9 Å². The third-order valence-electron chi connectivity index (χ3n) is 6.10. The number of hydrogen-bond donors (Lipinski definition) is 0. The zero-order valence-corrected chi connectivity index (χ0v) is 17.0. The van der Waals surface area contributed by atoms with Crippen molar-refractivity contribution in [2.24, 2.45) is 11.8 Å². The monoisotopic (exact) mass is 402 g/mol. The van der Waals surface area contributed by atoms with Crippen LogP contribution in [0, 0.1) is 11.8 Å². The highest BCUT2D eigenvalue weighted by Crippen LogP contribution is 2.32. The summed E-state index contributed by atoms with van der Waals surface area (Å²) in [7, 11) is 0. The number of amides is 3. The van der Waals surface area contributed by atoms with Crippen LogP contribution in [0.3, 0.4) is 0 Å². The van der Waals surface area contributed by atoms with E-state index in [1.807, 2.05) is 23.1 Å². The fourth-order valence-corrected chi connectivity index (χ4v) is 4.55. The average molecular weight is 402 g/mol. The SMILES string of the molecule is C=CCC1C(=O)N(CCCc2ccccc2)CC1CN1C(=O)c2ccccc2C1=O. The van der Waals surface area contributed by atoms with E-state index in [0.717, 1.165) is 12.8 Å². The van der Waals surface area contributed by atoms with Crippen LogP contribution < -0.4 is 0 Å². The van der Waals surface area contributed by atoms with Crippen LogP contribution in [0.2, 0.25) is 0 Å². The van der Waals surface area contributed by atoms with E-state index in [0.29, 0.717) is 30.6 Å². The maximum Gasteiger partial charge on any atom is 0.261 e. The standard InChI is InChI=1S/C25H26N2O3/c1-2-9-20-19(17-27-24(29)21-13-6-7-14-22(21)25(27)30)16-26(23(20)28)15-8-12-18-10-4-3-5-11-18/h2-7,10-11,13-14,19-20H,1,8-9,12,15-17H2. The van der Waals surface area contributed by atoms with E-state index in [4.69, 9.17) is 0 Å². The molecule has 30 heavy (non-hydrogen) atoms. The second-order valence-corrected chi connectivity index (χ2v) is 8.03. The zero-order chi connectivity index (χ0) is 21.1. The molecule has 0 aliphatic carbocycles. The Labute approximate surface area is 177 Å². The summed E-state index contributed by atoms with van der Waals surface area (Å²) in [4.78, 5) is 41.7. The normalized spacial score (nSPS) is 20.7. The summed E-state index contributed by atoms with van der Waals surface area (Å²) >= 11 is 0. The number of aryl methyl sites for hydroxylation is 1. The number of rotatable bonds is 8. The van der Waals surface area contributed by atoms with Crippen LogP contribution in [0.5, 0.6) is 0 Å². The van der Waals surface area contributed by atoms with Crippen LogP contribution in [0.1, 0.15) is 39.1 Å². The van der Waals surface area contributed by atoms with Gasteiger partial charge in [-0.2, -0.15) is 0 Å². The Morgan fingerprint density at radius 1 is 0.933 bits per heavy atom. The van der Waals surface area contributed by atoms with Crippen molar-refractivity contribution in [2.75, 3.05) is 19.6 Å². The van der Waals surface area contributed by atoms with Gasteiger partial charge in [0.25, 0.3) is 11.8 Å². The molecule has 2 aromatic rings. The van der Waals surface area contributed by atoms with Gasteiger partial charge in [-0.15, -0.1) is 6.58 Å². The Kier molecular flexibility index (Phi) is 5.79. The van der Waals surface area contributed by atoms with Crippen LogP contribution >= 0.6 is 0 Å². The minimum absolute atomic E-state index is 0.0746. The molecule has 1 saturated heterocycles. The summed E-state index contributed by atoms with van der Waals surface area (Å²) in [6.07, 6.45) is 4.11. The molecule has 2 heterocycles. The summed E-state index contributed by atoms with van der Waals surface area (Å²) < 4.78 is 0. The van der Waals surface area contributed by atoms with Crippen molar-refractivity contribution in [3.63, 3.8) is 0 Å². The Bertz CT molecular complexity index is 934. The first-order chi connectivity index (χ1) is 14.6. The second-order valence-electron chi connectivity index (χ2n) is 8.03. The fourth-order valence-electron chi connectivity index (χ4n) is 4.55. The lowest BCUT2D eigenvalue weighted by Gasteiger charge is -2.21. The summed E-state index contributed by atoms with van der Waals surface area (Å²) in [5, 5.41) is 0. The smallest absolute Gasteiger partial charge is 0.261 e. The highest BCUT2D eigenvalue weighted by molar-refractivity contribution is 6.21. The topological polar surface area (TPSA) is 57.7 Å². The molecule has 0 saturated carbocycles. The lowest BCUT2D eigenvalue weighted by atomic mass is 9.92. The van der Waals surface area contributed by atoms with Crippen LogP contribution in [-0.2, 0) is 11.2 Å². The van der Waals surface area contributed by atoms with E-state index in [1.54, 1.807) is 30.3 Å². The summed E-state index contributed by atoms with van der Waals surface area (Å²) in [5.41, 5.74) is 2.16. The molecular weight excluding hydrogens is 376 g/mol. The second kappa shape index (κ2) is 8.66. The van der Waals surface area contributed by atoms with Crippen molar-refractivity contribution < 1.29 is 14.4 Å². The molecular formula is C25H26N2O3. The number of nitrogens with zero attached hydrogens (tertiary/aromatic N) is 2. The lowest BCUT2D eigenvalue weighted by Crippen LogP contribution is -2.37. The average Bonchev–Trinajstić information content (AvgIpc) is 3.19. The first-order valence-electron chi connectivity index (χ1n) is 10.5. The highest BCUT2D eigenvalue weighted by Gasteiger charge is 2.43. The number of carbonyl (C=O) groups excluding carboxylic acids is 3. The molecule has 0 spiro atoms. The number of likely N-dealkylation sites (tertiary alicyclic amines) is 1. The molecule has 4 rings (SSSR count). The first-order valence-corrected chi connectivity index (χ1v) is 10.5. The number of allylic oxidation sites excluding steroid dienone is 1. The van der Waals surface area contributed by atoms with E-state index in [2.05, 4.69) is 18.7 Å². The molecule has 2 atom stereocenters. The van der Waals surface area contributed by atoms with Crippen LogP contribution in [0.25, 0.3) is 0 Å². The predicted molar refractivity (Wildman–Crippen MR) is 115 cm³/mol. The Hall–Kier alpha value is -3.21. The zero-order valence-electron chi connectivity index (χ0n) is 17.0. The van der Waals surface area contributed by atoms with Gasteiger partial charge in [0.1, 0.15) is 0 Å². The van der Waals surface area contributed by atoms with Gasteiger partial charge in [0, 0.05) is 31.5 Å². The molecule has 0 bridgehead atoms. The van der Waals surface area contributed by atoms with E-state index in [-0.39, 0.29) is 36.1 Å². The highest BCUT2D eigenvalue weighted by atomic mass is 16.2. The van der Waals surface area contributed by atoms with Crippen molar-refractivity contribution in [1.82, 2.24) is 9.80 Å². The van der Waals surface area contributed by atoms with Gasteiger partial charge in [0.2, 0.25) is 5.91 Å². The van der Waals surface area contributed by atoms with Gasteiger partial charge in [0.15, 0.2) is 0 Å². The molecule has 154 valence electrons. The van der Waals surface area contributed by atoms with Gasteiger partial charge in [0.05, 0.1) is 11.1 Å². The summed E-state index contributed by atoms with van der Waals surface area (Å²) in [6, 6.07) is 17.1. The van der Waals surface area contributed by atoms with Crippen LogP contribution in [0.15, 0.2) is 67.3 Å². The van der Waals surface area contributed by atoms with Gasteiger partial charge >= 0.3 is 0 Å². The number of carbonyl (C=O) groups is 3. The number of hydrogen-bond acceptors (Lipinski definition) is 3. The molecule has 2 unspecified atom stereocenters. The maximum atomic E-state index is 13.0. The van der Waals surface area contributed by atoms with Gasteiger partial charge in [-0.1, -0.05) is 48.5 Å². The molecule has 0 radical (unpaired) electrons. The molecule has 1 fully saturated rings. The number of benzene rings is 2. The quantitative estimate of drug-likeness (QED) is 0.501. The molecule has 2 aliphatic heterocycles. The van der Waals surface area contributed by atoms with Crippen molar-refractivity contribution in [3.8, 4) is 0 Å². The van der Waals surface area contributed by atoms with Crippen molar-refractivity contribution in [1.29, 1.82) is 0 Å². The predicted octanol–water partition coefficient (Wildman–Crippen LogP) is 3.57. The minimum Gasteiger partial charge on any atom is -0.342 e. The minimum atomic E-state index is -0.261. The first kappa shape index (κ1) is 20.1. The Morgan fingerprint density at radius 2 is 1.57 bits per heavy atom. The molecule has 2 aliphatic rings. The van der Waals surface area contributed by atoms with Crippen molar-refractivity contribution >= 4 is 17.7 Å². The van der Waals surface area contributed by atoms with Gasteiger partial charge in [-0.05, 0) is 37.0 Å². The number of imide groups is 1. The molecule has 5 nitrogen and oxygen atoms in total. The van der Waals surface area contributed by atoms with Crippen LogP contribution in [-0.4, -0.2) is 47.2 Å². The fraction of sp³-hybridized carbons (Fsp3) is 0.320. The molecule has 5 heteroatoms. The summed E-state index contributed by atoms with van der Waals surface area (Å²) in [6.45, 7) is 5.31. The van der Waals surface area contributed by atoms with E-state index >= 15 is 0 Å². The third-order valence-corrected chi connectivity index (χ3v) is 6.10. The Balaban J connectivity index is 1.42. The number of fused-ring (bicyclic) bond motifs is 1. The lowest BCUT2D eigenvalue weighted by molar-refractivity contribution is -0.131. The Morgan fingerprint density at radius 3 is 2.20 bits per heavy atom. The maximum absolute atomic E-state index is 13.0. The summed E-state index contributed by atoms with van der Waals surface area (Å²) in [5.74, 6) is -0.728.